The van der Waals surface area contributed by atoms with E-state index in [0.717, 1.165) is 44.9 Å². The van der Waals surface area contributed by atoms with Crippen molar-refractivity contribution in [2.75, 3.05) is 13.1 Å². The minimum absolute atomic E-state index is 0.135. The molecule has 0 unspecified atom stereocenters. The molecule has 0 saturated heterocycles. The normalized spacial score (nSPS) is 14.0. The molecular formula is C25H43N3O2. The molecule has 1 rings (SSSR count). The van der Waals surface area contributed by atoms with Gasteiger partial charge in [-0.25, -0.2) is 4.79 Å². The standard InChI is InChI=1S/C25H43N3O2/c1-4-10-21(3)28-25(30)27-19-23(13-8-9-16-26)18-24(29)15-14-20(2)17-22-11-6-5-7-12-22/h5-7,11-12,20-21,23H,4,8-10,13-19,26H2,1-3H3,(H2,27,28,30)/t20-,21+,23-/m1/s1. The van der Waals surface area contributed by atoms with Gasteiger partial charge in [-0.2, -0.15) is 0 Å². The molecule has 2 amide bonds. The second-order valence-corrected chi connectivity index (χ2v) is 8.77. The van der Waals surface area contributed by atoms with Gasteiger partial charge < -0.3 is 16.4 Å². The summed E-state index contributed by atoms with van der Waals surface area (Å²) in [6, 6.07) is 10.5. The number of nitrogens with one attached hydrogen (secondary N) is 2. The van der Waals surface area contributed by atoms with E-state index < -0.39 is 0 Å². The summed E-state index contributed by atoms with van der Waals surface area (Å²) in [6.45, 7) is 7.54. The lowest BCUT2D eigenvalue weighted by atomic mass is 9.91. The second-order valence-electron chi connectivity index (χ2n) is 8.77. The van der Waals surface area contributed by atoms with E-state index in [4.69, 9.17) is 5.73 Å². The first kappa shape index (κ1) is 26.2. The molecular weight excluding hydrogens is 374 g/mol. The first-order valence-corrected chi connectivity index (χ1v) is 11.7. The minimum Gasteiger partial charge on any atom is -0.338 e. The topological polar surface area (TPSA) is 84.2 Å². The molecule has 0 heterocycles. The lowest BCUT2D eigenvalue weighted by Gasteiger charge is -2.19. The van der Waals surface area contributed by atoms with Crippen molar-refractivity contribution in [2.24, 2.45) is 17.6 Å². The molecule has 0 bridgehead atoms. The van der Waals surface area contributed by atoms with E-state index >= 15 is 0 Å². The van der Waals surface area contributed by atoms with Gasteiger partial charge in [0.2, 0.25) is 0 Å². The zero-order chi connectivity index (χ0) is 22.2. The molecule has 4 N–H and O–H groups in total. The van der Waals surface area contributed by atoms with Gasteiger partial charge in [0, 0.05) is 25.4 Å². The number of amides is 2. The lowest BCUT2D eigenvalue weighted by Crippen LogP contribution is -2.42. The van der Waals surface area contributed by atoms with Crippen molar-refractivity contribution < 1.29 is 9.59 Å². The zero-order valence-electron chi connectivity index (χ0n) is 19.3. The van der Waals surface area contributed by atoms with Crippen LogP contribution in [0.3, 0.4) is 0 Å². The summed E-state index contributed by atoms with van der Waals surface area (Å²) in [5.41, 5.74) is 6.94. The number of unbranched alkanes of at least 4 members (excludes halogenated alkanes) is 1. The second kappa shape index (κ2) is 15.9. The number of hydrogen-bond acceptors (Lipinski definition) is 3. The van der Waals surface area contributed by atoms with Gasteiger partial charge in [-0.3, -0.25) is 4.79 Å². The molecule has 0 fully saturated rings. The molecule has 5 heteroatoms. The third-order valence-corrected chi connectivity index (χ3v) is 5.58. The smallest absolute Gasteiger partial charge is 0.315 e. The number of benzene rings is 1. The Balaban J connectivity index is 2.41. The van der Waals surface area contributed by atoms with Gasteiger partial charge in [-0.1, -0.05) is 57.0 Å². The minimum atomic E-state index is -0.135. The van der Waals surface area contributed by atoms with E-state index in [1.54, 1.807) is 0 Å². The predicted octanol–water partition coefficient (Wildman–Crippen LogP) is 4.84. The molecule has 170 valence electrons. The lowest BCUT2D eigenvalue weighted by molar-refractivity contribution is -0.120. The van der Waals surface area contributed by atoms with Gasteiger partial charge in [0.15, 0.2) is 0 Å². The van der Waals surface area contributed by atoms with Crippen molar-refractivity contribution in [1.82, 2.24) is 10.6 Å². The fourth-order valence-corrected chi connectivity index (χ4v) is 3.82. The summed E-state index contributed by atoms with van der Waals surface area (Å²) < 4.78 is 0. The van der Waals surface area contributed by atoms with E-state index in [1.165, 1.54) is 5.56 Å². The highest BCUT2D eigenvalue weighted by Gasteiger charge is 2.16. The summed E-state index contributed by atoms with van der Waals surface area (Å²) in [5.74, 6) is 0.964. The third kappa shape index (κ3) is 12.6. The van der Waals surface area contributed by atoms with Crippen LogP contribution in [0, 0.1) is 11.8 Å². The van der Waals surface area contributed by atoms with Crippen molar-refractivity contribution in [3.05, 3.63) is 35.9 Å². The van der Waals surface area contributed by atoms with Crippen LogP contribution < -0.4 is 16.4 Å². The van der Waals surface area contributed by atoms with E-state index in [0.29, 0.717) is 37.6 Å². The largest absolute Gasteiger partial charge is 0.338 e. The van der Waals surface area contributed by atoms with Gasteiger partial charge in [-0.15, -0.1) is 0 Å². The molecule has 1 aromatic rings. The van der Waals surface area contributed by atoms with Crippen LogP contribution in [0.15, 0.2) is 30.3 Å². The Hall–Kier alpha value is -1.88. The molecule has 0 spiro atoms. The Morgan fingerprint density at radius 3 is 2.43 bits per heavy atom. The highest BCUT2D eigenvalue weighted by atomic mass is 16.2. The molecule has 0 saturated carbocycles. The SMILES string of the molecule is CCC[C@H](C)NC(=O)NC[C@H](CCCCN)CC(=O)CC[C@@H](C)Cc1ccccc1. The van der Waals surface area contributed by atoms with E-state index in [1.807, 2.05) is 13.0 Å². The highest BCUT2D eigenvalue weighted by Crippen LogP contribution is 2.18. The number of Topliss-reactive ketones (excluding diaryl/α,β-unsaturated/α-hetero) is 1. The average molecular weight is 418 g/mol. The number of ketones is 1. The number of urea groups is 1. The highest BCUT2D eigenvalue weighted by molar-refractivity contribution is 5.79. The van der Waals surface area contributed by atoms with Crippen molar-refractivity contribution in [2.45, 2.75) is 84.6 Å². The zero-order valence-corrected chi connectivity index (χ0v) is 19.3. The van der Waals surface area contributed by atoms with Crippen molar-refractivity contribution in [1.29, 1.82) is 0 Å². The molecule has 0 aliphatic carbocycles. The number of rotatable bonds is 16. The average Bonchev–Trinajstić information content (AvgIpc) is 2.71. The predicted molar refractivity (Wildman–Crippen MR) is 125 cm³/mol. The van der Waals surface area contributed by atoms with Crippen LogP contribution in [0.1, 0.15) is 77.7 Å². The van der Waals surface area contributed by atoms with Gasteiger partial charge in [0.05, 0.1) is 0 Å². The molecule has 0 aliphatic rings. The van der Waals surface area contributed by atoms with E-state index in [2.05, 4.69) is 48.7 Å². The van der Waals surface area contributed by atoms with Crippen molar-refractivity contribution in [3.8, 4) is 0 Å². The summed E-state index contributed by atoms with van der Waals surface area (Å²) in [7, 11) is 0. The quantitative estimate of drug-likeness (QED) is 0.337. The summed E-state index contributed by atoms with van der Waals surface area (Å²) >= 11 is 0. The van der Waals surface area contributed by atoms with Crippen molar-refractivity contribution in [3.63, 3.8) is 0 Å². The monoisotopic (exact) mass is 417 g/mol. The van der Waals surface area contributed by atoms with Crippen LogP contribution in [0.4, 0.5) is 4.79 Å². The molecule has 1 aromatic carbocycles. The Labute approximate surface area is 183 Å². The van der Waals surface area contributed by atoms with Crippen LogP contribution in [0.25, 0.3) is 0 Å². The molecule has 0 radical (unpaired) electrons. The van der Waals surface area contributed by atoms with Crippen LogP contribution in [-0.4, -0.2) is 30.9 Å². The summed E-state index contributed by atoms with van der Waals surface area (Å²) in [4.78, 5) is 24.7. The van der Waals surface area contributed by atoms with Gasteiger partial charge >= 0.3 is 6.03 Å². The molecule has 3 atom stereocenters. The van der Waals surface area contributed by atoms with E-state index in [-0.39, 0.29) is 18.0 Å². The van der Waals surface area contributed by atoms with Crippen LogP contribution in [-0.2, 0) is 11.2 Å². The van der Waals surface area contributed by atoms with Gasteiger partial charge in [0.25, 0.3) is 0 Å². The van der Waals surface area contributed by atoms with Crippen LogP contribution in [0.2, 0.25) is 0 Å². The molecule has 0 aliphatic heterocycles. The Bertz CT molecular complexity index is 591. The Morgan fingerprint density at radius 2 is 1.77 bits per heavy atom. The van der Waals surface area contributed by atoms with Crippen LogP contribution in [0.5, 0.6) is 0 Å². The maximum Gasteiger partial charge on any atom is 0.315 e. The fraction of sp³-hybridized carbons (Fsp3) is 0.680. The maximum atomic E-state index is 12.6. The first-order valence-electron chi connectivity index (χ1n) is 11.7. The van der Waals surface area contributed by atoms with Gasteiger partial charge in [-0.05, 0) is 63.0 Å². The molecule has 0 aromatic heterocycles. The number of nitrogens with two attached hydrogens (primary N) is 1. The number of carbonyl (C=O) groups is 2. The third-order valence-electron chi connectivity index (χ3n) is 5.58. The molecule has 5 nitrogen and oxygen atoms in total. The number of carbonyl (C=O) groups excluding carboxylic acids is 2. The Kier molecular flexibility index (Phi) is 13.9. The Morgan fingerprint density at radius 1 is 1.03 bits per heavy atom. The van der Waals surface area contributed by atoms with Gasteiger partial charge in [0.1, 0.15) is 5.78 Å². The number of hydrogen-bond donors (Lipinski definition) is 3. The van der Waals surface area contributed by atoms with Crippen molar-refractivity contribution >= 4 is 11.8 Å². The first-order chi connectivity index (χ1) is 14.4. The fourth-order valence-electron chi connectivity index (χ4n) is 3.82. The summed E-state index contributed by atoms with van der Waals surface area (Å²) in [6.07, 6.45) is 7.94. The summed E-state index contributed by atoms with van der Waals surface area (Å²) in [5, 5.41) is 5.93. The van der Waals surface area contributed by atoms with Crippen LogP contribution >= 0.6 is 0 Å². The molecule has 30 heavy (non-hydrogen) atoms. The maximum absolute atomic E-state index is 12.6. The van der Waals surface area contributed by atoms with E-state index in [9.17, 15) is 9.59 Å².